The molecule has 1 aliphatic rings. The second-order valence-corrected chi connectivity index (χ2v) is 8.17. The molecule has 3 aromatic rings. The number of aromatic nitrogens is 1. The Morgan fingerprint density at radius 3 is 2.00 bits per heavy atom. The van der Waals surface area contributed by atoms with Crippen molar-refractivity contribution in [3.8, 4) is 11.3 Å². The van der Waals surface area contributed by atoms with Gasteiger partial charge in [0.25, 0.3) is 11.8 Å². The fourth-order valence-electron chi connectivity index (χ4n) is 3.68. The van der Waals surface area contributed by atoms with E-state index in [1.54, 1.807) is 28.0 Å². The summed E-state index contributed by atoms with van der Waals surface area (Å²) in [5.74, 6) is -0.248. The highest BCUT2D eigenvalue weighted by molar-refractivity contribution is 6.43. The zero-order chi connectivity index (χ0) is 22.0. The number of pyridine rings is 1. The van der Waals surface area contributed by atoms with Crippen molar-refractivity contribution < 1.29 is 9.59 Å². The van der Waals surface area contributed by atoms with Crippen molar-refractivity contribution in [1.82, 2.24) is 14.8 Å². The SMILES string of the molecule is Cc1nc(-c2ccccc2)ccc1C(=O)N1CCN(C(=O)c2cccc(Cl)c2Cl)CC1. The Bertz CT molecular complexity index is 1130. The van der Waals surface area contributed by atoms with Crippen molar-refractivity contribution >= 4 is 35.0 Å². The predicted molar refractivity (Wildman–Crippen MR) is 123 cm³/mol. The summed E-state index contributed by atoms with van der Waals surface area (Å²) in [6.45, 7) is 3.61. The third-order valence-electron chi connectivity index (χ3n) is 5.42. The van der Waals surface area contributed by atoms with Crippen LogP contribution in [0.15, 0.2) is 60.7 Å². The van der Waals surface area contributed by atoms with E-state index in [9.17, 15) is 9.59 Å². The molecule has 0 aliphatic carbocycles. The van der Waals surface area contributed by atoms with Crippen molar-refractivity contribution in [3.63, 3.8) is 0 Å². The highest BCUT2D eigenvalue weighted by atomic mass is 35.5. The summed E-state index contributed by atoms with van der Waals surface area (Å²) in [4.78, 5) is 34.0. The molecule has 7 heteroatoms. The van der Waals surface area contributed by atoms with Crippen LogP contribution in [0, 0.1) is 6.92 Å². The molecular formula is C24H21Cl2N3O2. The van der Waals surface area contributed by atoms with Gasteiger partial charge in [0.05, 0.1) is 32.6 Å². The molecule has 5 nitrogen and oxygen atoms in total. The number of piperazine rings is 1. The molecule has 1 saturated heterocycles. The van der Waals surface area contributed by atoms with E-state index in [0.29, 0.717) is 48.0 Å². The van der Waals surface area contributed by atoms with Gasteiger partial charge in [-0.05, 0) is 31.2 Å². The summed E-state index contributed by atoms with van der Waals surface area (Å²) in [7, 11) is 0. The van der Waals surface area contributed by atoms with Gasteiger partial charge in [-0.25, -0.2) is 0 Å². The van der Waals surface area contributed by atoms with Gasteiger partial charge in [-0.2, -0.15) is 0 Å². The number of rotatable bonds is 3. The number of halogens is 2. The normalized spacial score (nSPS) is 13.9. The molecule has 31 heavy (non-hydrogen) atoms. The first kappa shape index (κ1) is 21.3. The Hall–Kier alpha value is -2.89. The molecule has 4 rings (SSSR count). The van der Waals surface area contributed by atoms with E-state index in [-0.39, 0.29) is 16.8 Å². The standard InChI is InChI=1S/C24H21Cl2N3O2/c1-16-18(10-11-21(27-16)17-6-3-2-4-7-17)23(30)28-12-14-29(15-13-28)24(31)19-8-5-9-20(25)22(19)26/h2-11H,12-15H2,1H3. The van der Waals surface area contributed by atoms with Gasteiger partial charge < -0.3 is 9.80 Å². The summed E-state index contributed by atoms with van der Waals surface area (Å²) in [6, 6.07) is 18.6. The maximum Gasteiger partial charge on any atom is 0.255 e. The number of carbonyl (C=O) groups excluding carboxylic acids is 2. The maximum absolute atomic E-state index is 13.1. The largest absolute Gasteiger partial charge is 0.335 e. The average Bonchev–Trinajstić information content (AvgIpc) is 2.80. The molecule has 1 fully saturated rings. The Kier molecular flexibility index (Phi) is 6.25. The van der Waals surface area contributed by atoms with E-state index in [0.717, 1.165) is 11.3 Å². The molecule has 0 bridgehead atoms. The van der Waals surface area contributed by atoms with E-state index >= 15 is 0 Å². The molecule has 0 unspecified atom stereocenters. The topological polar surface area (TPSA) is 53.5 Å². The van der Waals surface area contributed by atoms with E-state index in [2.05, 4.69) is 4.98 Å². The van der Waals surface area contributed by atoms with Gasteiger partial charge >= 0.3 is 0 Å². The van der Waals surface area contributed by atoms with Gasteiger partial charge in [0.2, 0.25) is 0 Å². The molecule has 0 saturated carbocycles. The van der Waals surface area contributed by atoms with Crippen LogP contribution in [-0.4, -0.2) is 52.8 Å². The van der Waals surface area contributed by atoms with Crippen LogP contribution in [0.2, 0.25) is 10.0 Å². The van der Waals surface area contributed by atoms with Crippen molar-refractivity contribution in [2.24, 2.45) is 0 Å². The number of benzene rings is 2. The van der Waals surface area contributed by atoms with Crippen molar-refractivity contribution in [2.75, 3.05) is 26.2 Å². The zero-order valence-corrected chi connectivity index (χ0v) is 18.5. The first-order valence-corrected chi connectivity index (χ1v) is 10.8. The summed E-state index contributed by atoms with van der Waals surface area (Å²) < 4.78 is 0. The van der Waals surface area contributed by atoms with E-state index in [1.807, 2.05) is 49.4 Å². The minimum absolute atomic E-state index is 0.0718. The van der Waals surface area contributed by atoms with Crippen LogP contribution in [0.3, 0.4) is 0 Å². The number of carbonyl (C=O) groups is 2. The van der Waals surface area contributed by atoms with Crippen molar-refractivity contribution in [3.05, 3.63) is 87.5 Å². The van der Waals surface area contributed by atoms with Gasteiger partial charge in [-0.3, -0.25) is 14.6 Å². The third kappa shape index (κ3) is 4.43. The van der Waals surface area contributed by atoms with E-state index in [1.165, 1.54) is 0 Å². The summed E-state index contributed by atoms with van der Waals surface area (Å²) in [5, 5.41) is 0.608. The smallest absolute Gasteiger partial charge is 0.255 e. The molecule has 0 radical (unpaired) electrons. The lowest BCUT2D eigenvalue weighted by atomic mass is 10.1. The van der Waals surface area contributed by atoms with Crippen LogP contribution in [0.4, 0.5) is 0 Å². The van der Waals surface area contributed by atoms with Gasteiger partial charge in [-0.1, -0.05) is 59.6 Å². The fraction of sp³-hybridized carbons (Fsp3) is 0.208. The average molecular weight is 454 g/mol. The highest BCUT2D eigenvalue weighted by Gasteiger charge is 2.27. The van der Waals surface area contributed by atoms with Crippen LogP contribution in [-0.2, 0) is 0 Å². The molecule has 0 atom stereocenters. The van der Waals surface area contributed by atoms with Crippen LogP contribution < -0.4 is 0 Å². The van der Waals surface area contributed by atoms with Crippen LogP contribution in [0.25, 0.3) is 11.3 Å². The summed E-state index contributed by atoms with van der Waals surface area (Å²) >= 11 is 12.2. The lowest BCUT2D eigenvalue weighted by Gasteiger charge is -2.35. The quantitative estimate of drug-likeness (QED) is 0.562. The van der Waals surface area contributed by atoms with Crippen LogP contribution in [0.5, 0.6) is 0 Å². The second kappa shape index (κ2) is 9.08. The van der Waals surface area contributed by atoms with Gasteiger partial charge in [-0.15, -0.1) is 0 Å². The highest BCUT2D eigenvalue weighted by Crippen LogP contribution is 2.27. The minimum Gasteiger partial charge on any atom is -0.335 e. The maximum atomic E-state index is 13.1. The molecular weight excluding hydrogens is 433 g/mol. The number of hydrogen-bond donors (Lipinski definition) is 0. The molecule has 2 heterocycles. The van der Waals surface area contributed by atoms with Crippen LogP contribution in [0.1, 0.15) is 26.4 Å². The lowest BCUT2D eigenvalue weighted by molar-refractivity contribution is 0.0535. The van der Waals surface area contributed by atoms with Crippen molar-refractivity contribution in [2.45, 2.75) is 6.92 Å². The molecule has 1 aliphatic heterocycles. The number of aryl methyl sites for hydroxylation is 1. The zero-order valence-electron chi connectivity index (χ0n) is 17.0. The van der Waals surface area contributed by atoms with Gasteiger partial charge in [0.1, 0.15) is 0 Å². The number of nitrogens with zero attached hydrogens (tertiary/aromatic N) is 3. The fourth-order valence-corrected chi connectivity index (χ4v) is 4.06. The monoisotopic (exact) mass is 453 g/mol. The minimum atomic E-state index is -0.176. The molecule has 158 valence electrons. The third-order valence-corrected chi connectivity index (χ3v) is 6.24. The second-order valence-electron chi connectivity index (χ2n) is 7.38. The molecule has 1 aromatic heterocycles. The van der Waals surface area contributed by atoms with E-state index in [4.69, 9.17) is 23.2 Å². The summed E-state index contributed by atoms with van der Waals surface area (Å²) in [6.07, 6.45) is 0. The number of hydrogen-bond acceptors (Lipinski definition) is 3. The van der Waals surface area contributed by atoms with Gasteiger partial charge in [0, 0.05) is 31.7 Å². The van der Waals surface area contributed by atoms with E-state index < -0.39 is 0 Å². The Morgan fingerprint density at radius 2 is 1.39 bits per heavy atom. The first-order chi connectivity index (χ1) is 15.0. The number of amides is 2. The Labute approximate surface area is 191 Å². The molecule has 0 N–H and O–H groups in total. The predicted octanol–water partition coefficient (Wildman–Crippen LogP) is 4.96. The molecule has 2 amide bonds. The van der Waals surface area contributed by atoms with Crippen molar-refractivity contribution in [1.29, 1.82) is 0 Å². The van der Waals surface area contributed by atoms with Crippen LogP contribution >= 0.6 is 23.2 Å². The lowest BCUT2D eigenvalue weighted by Crippen LogP contribution is -2.50. The summed E-state index contributed by atoms with van der Waals surface area (Å²) in [5.41, 5.74) is 3.50. The first-order valence-electron chi connectivity index (χ1n) is 10.0. The molecule has 2 aromatic carbocycles. The van der Waals surface area contributed by atoms with Gasteiger partial charge in [0.15, 0.2) is 0 Å². The molecule has 0 spiro atoms. The Balaban J connectivity index is 1.44. The Morgan fingerprint density at radius 1 is 0.774 bits per heavy atom.